The fourth-order valence-electron chi connectivity index (χ4n) is 2.86. The lowest BCUT2D eigenvalue weighted by Crippen LogP contribution is -1.86. The van der Waals surface area contributed by atoms with Gasteiger partial charge >= 0.3 is 0 Å². The zero-order valence-electron chi connectivity index (χ0n) is 10.5. The van der Waals surface area contributed by atoms with Crippen molar-refractivity contribution in [1.82, 2.24) is 0 Å². The van der Waals surface area contributed by atoms with E-state index >= 15 is 0 Å². The van der Waals surface area contributed by atoms with Crippen LogP contribution in [0.4, 0.5) is 0 Å². The van der Waals surface area contributed by atoms with Crippen LogP contribution < -0.4 is 0 Å². The van der Waals surface area contributed by atoms with Crippen LogP contribution in [0.5, 0.6) is 0 Å². The Labute approximate surface area is 134 Å². The van der Waals surface area contributed by atoms with Crippen molar-refractivity contribution in [3.05, 3.63) is 82.9 Å². The molecule has 96 valence electrons. The molecule has 0 aliphatic heterocycles. The molecule has 0 bridgehead atoms. The first kappa shape index (κ1) is 12.4. The van der Waals surface area contributed by atoms with Gasteiger partial charge in [-0.2, -0.15) is 0 Å². The molecule has 0 fully saturated rings. The zero-order chi connectivity index (χ0) is 13.7. The van der Waals surface area contributed by atoms with Crippen molar-refractivity contribution in [2.24, 2.45) is 0 Å². The average molecular weight is 386 g/mol. The third-order valence-electron chi connectivity index (χ3n) is 3.78. The number of halogens is 2. The standard InChI is InChI=1S/C18H10Br2/c19-17-9-15(11-5-1-3-7-13(11)17)16-10-18(20)14-8-4-2-6-12(14)16/h1-10H/b16-15+. The quantitative estimate of drug-likeness (QED) is 0.514. The van der Waals surface area contributed by atoms with Gasteiger partial charge in [0.25, 0.3) is 0 Å². The Morgan fingerprint density at radius 3 is 1.25 bits per heavy atom. The van der Waals surface area contributed by atoms with E-state index in [1.165, 1.54) is 33.4 Å². The second kappa shape index (κ2) is 4.57. The molecule has 0 unspecified atom stereocenters. The maximum absolute atomic E-state index is 3.67. The van der Waals surface area contributed by atoms with Gasteiger partial charge < -0.3 is 0 Å². The van der Waals surface area contributed by atoms with Gasteiger partial charge in [-0.15, -0.1) is 0 Å². The first-order valence-corrected chi connectivity index (χ1v) is 8.02. The van der Waals surface area contributed by atoms with Crippen molar-refractivity contribution in [1.29, 1.82) is 0 Å². The van der Waals surface area contributed by atoms with Crippen molar-refractivity contribution in [2.45, 2.75) is 0 Å². The van der Waals surface area contributed by atoms with E-state index in [1.54, 1.807) is 0 Å². The van der Waals surface area contributed by atoms with Gasteiger partial charge in [-0.25, -0.2) is 0 Å². The smallest absolute Gasteiger partial charge is 0.0260 e. The van der Waals surface area contributed by atoms with E-state index in [9.17, 15) is 0 Å². The molecule has 2 aliphatic rings. The molecule has 0 amide bonds. The second-order valence-electron chi connectivity index (χ2n) is 4.90. The van der Waals surface area contributed by atoms with Gasteiger partial charge in [-0.3, -0.25) is 0 Å². The molecule has 0 saturated carbocycles. The summed E-state index contributed by atoms with van der Waals surface area (Å²) in [6.07, 6.45) is 4.44. The Morgan fingerprint density at radius 2 is 0.850 bits per heavy atom. The van der Waals surface area contributed by atoms with Crippen LogP contribution in [0.1, 0.15) is 22.3 Å². The van der Waals surface area contributed by atoms with E-state index in [0.29, 0.717) is 0 Å². The molecule has 0 spiro atoms. The summed E-state index contributed by atoms with van der Waals surface area (Å²) in [5.74, 6) is 0. The van der Waals surface area contributed by atoms with Crippen LogP contribution in [-0.2, 0) is 0 Å². The minimum atomic E-state index is 1.16. The predicted molar refractivity (Wildman–Crippen MR) is 93.5 cm³/mol. The highest BCUT2D eigenvalue weighted by Gasteiger charge is 2.24. The molecule has 0 saturated heterocycles. The lowest BCUT2D eigenvalue weighted by Gasteiger charge is -2.06. The highest BCUT2D eigenvalue weighted by atomic mass is 79.9. The van der Waals surface area contributed by atoms with E-state index in [2.05, 4.69) is 92.5 Å². The average Bonchev–Trinajstić information content (AvgIpc) is 2.99. The molecule has 0 aromatic heterocycles. The Bertz CT molecular complexity index is 753. The summed E-state index contributed by atoms with van der Waals surface area (Å²) in [4.78, 5) is 0. The molecule has 2 aromatic carbocycles. The van der Waals surface area contributed by atoms with Gasteiger partial charge in [-0.05, 0) is 45.6 Å². The van der Waals surface area contributed by atoms with E-state index < -0.39 is 0 Å². The van der Waals surface area contributed by atoms with E-state index in [4.69, 9.17) is 0 Å². The number of hydrogen-bond acceptors (Lipinski definition) is 0. The van der Waals surface area contributed by atoms with Crippen molar-refractivity contribution in [3.63, 3.8) is 0 Å². The maximum Gasteiger partial charge on any atom is 0.0260 e. The summed E-state index contributed by atoms with van der Waals surface area (Å²) in [5, 5.41) is 0. The molecule has 2 aromatic rings. The van der Waals surface area contributed by atoms with E-state index in [0.717, 1.165) is 8.96 Å². The van der Waals surface area contributed by atoms with Crippen molar-refractivity contribution < 1.29 is 0 Å². The van der Waals surface area contributed by atoms with E-state index in [-0.39, 0.29) is 0 Å². The summed E-state index contributed by atoms with van der Waals surface area (Å²) in [6, 6.07) is 17.0. The Hall–Kier alpha value is -1.38. The summed E-state index contributed by atoms with van der Waals surface area (Å²) >= 11 is 7.35. The van der Waals surface area contributed by atoms with Crippen LogP contribution in [0.2, 0.25) is 0 Å². The molecule has 0 nitrogen and oxygen atoms in total. The van der Waals surface area contributed by atoms with Crippen molar-refractivity contribution in [3.8, 4) is 0 Å². The molecule has 0 atom stereocenters. The summed E-state index contributed by atoms with van der Waals surface area (Å²) in [5.41, 5.74) is 7.70. The van der Waals surface area contributed by atoms with Crippen molar-refractivity contribution in [2.75, 3.05) is 0 Å². The topological polar surface area (TPSA) is 0 Å². The fraction of sp³-hybridized carbons (Fsp3) is 0. The van der Waals surface area contributed by atoms with Gasteiger partial charge in [-0.1, -0.05) is 80.4 Å². The largest absolute Gasteiger partial charge is 0.0616 e. The van der Waals surface area contributed by atoms with Gasteiger partial charge in [0.2, 0.25) is 0 Å². The maximum atomic E-state index is 3.67. The summed E-state index contributed by atoms with van der Waals surface area (Å²) in [7, 11) is 0. The van der Waals surface area contributed by atoms with Crippen LogP contribution in [0, 0.1) is 0 Å². The number of fused-ring (bicyclic) bond motifs is 2. The van der Waals surface area contributed by atoms with Crippen LogP contribution >= 0.6 is 31.9 Å². The minimum Gasteiger partial charge on any atom is -0.0616 e. The third-order valence-corrected chi connectivity index (χ3v) is 5.09. The predicted octanol–water partition coefficient (Wildman–Crippen LogP) is 6.10. The van der Waals surface area contributed by atoms with E-state index in [1.807, 2.05) is 0 Å². The molecular formula is C18H10Br2. The molecule has 0 radical (unpaired) electrons. The lowest BCUT2D eigenvalue weighted by molar-refractivity contribution is 1.59. The number of benzene rings is 2. The highest BCUT2D eigenvalue weighted by Crippen LogP contribution is 2.47. The minimum absolute atomic E-state index is 1.16. The van der Waals surface area contributed by atoms with Crippen LogP contribution in [0.3, 0.4) is 0 Å². The first-order valence-electron chi connectivity index (χ1n) is 6.44. The number of rotatable bonds is 0. The molecule has 4 rings (SSSR count). The fourth-order valence-corrected chi connectivity index (χ4v) is 4.01. The number of hydrogen-bond donors (Lipinski definition) is 0. The normalized spacial score (nSPS) is 19.5. The third kappa shape index (κ3) is 1.72. The van der Waals surface area contributed by atoms with Gasteiger partial charge in [0.05, 0.1) is 0 Å². The van der Waals surface area contributed by atoms with Crippen LogP contribution in [0.15, 0.2) is 60.7 Å². The van der Waals surface area contributed by atoms with Gasteiger partial charge in [0.1, 0.15) is 0 Å². The molecule has 0 N–H and O–H groups in total. The van der Waals surface area contributed by atoms with Gasteiger partial charge in [0, 0.05) is 8.96 Å². The number of allylic oxidation sites excluding steroid dienone is 4. The molecule has 20 heavy (non-hydrogen) atoms. The Kier molecular flexibility index (Phi) is 2.83. The summed E-state index contributed by atoms with van der Waals surface area (Å²) in [6.45, 7) is 0. The SMILES string of the molecule is BrC1=C/C(=C2/C=C(Br)c3ccccc32)c2ccccc21. The van der Waals surface area contributed by atoms with Crippen LogP contribution in [-0.4, -0.2) is 0 Å². The Balaban J connectivity index is 2.04. The highest BCUT2D eigenvalue weighted by molar-refractivity contribution is 9.15. The molecule has 2 heteroatoms. The summed E-state index contributed by atoms with van der Waals surface area (Å²) < 4.78 is 2.31. The lowest BCUT2D eigenvalue weighted by atomic mass is 9.97. The second-order valence-corrected chi connectivity index (χ2v) is 6.61. The molecule has 0 heterocycles. The molecular weight excluding hydrogens is 376 g/mol. The van der Waals surface area contributed by atoms with Crippen molar-refractivity contribution >= 4 is 52.0 Å². The van der Waals surface area contributed by atoms with Crippen LogP contribution in [0.25, 0.3) is 20.1 Å². The van der Waals surface area contributed by atoms with Gasteiger partial charge in [0.15, 0.2) is 0 Å². The Morgan fingerprint density at radius 1 is 0.500 bits per heavy atom. The first-order chi connectivity index (χ1) is 9.75. The molecule has 2 aliphatic carbocycles. The zero-order valence-corrected chi connectivity index (χ0v) is 13.7. The monoisotopic (exact) mass is 384 g/mol.